The van der Waals surface area contributed by atoms with Crippen LogP contribution in [-0.4, -0.2) is 65.0 Å². The molecule has 6 N–H and O–H groups in total. The fraction of sp³-hybridized carbons (Fsp3) is 0.818. The zero-order valence-electron chi connectivity index (χ0n) is 20.4. The second kappa shape index (κ2) is 15.1. The van der Waals surface area contributed by atoms with Gasteiger partial charge in [-0.25, -0.2) is 4.79 Å². The van der Waals surface area contributed by atoms with Crippen molar-refractivity contribution in [3.05, 3.63) is 0 Å². The van der Waals surface area contributed by atoms with Crippen LogP contribution in [0.4, 0.5) is 0 Å². The summed E-state index contributed by atoms with van der Waals surface area (Å²) in [4.78, 5) is 49.9. The molecule has 0 saturated heterocycles. The predicted molar refractivity (Wildman–Crippen MR) is 128 cm³/mol. The predicted octanol–water partition coefficient (Wildman–Crippen LogP) is 1.35. The lowest BCUT2D eigenvalue weighted by molar-refractivity contribution is -0.142. The maximum Gasteiger partial charge on any atom is 0.326 e. The maximum atomic E-state index is 13.1. The summed E-state index contributed by atoms with van der Waals surface area (Å²) in [5.74, 6) is -2.25. The van der Waals surface area contributed by atoms with E-state index in [9.17, 15) is 24.3 Å². The summed E-state index contributed by atoms with van der Waals surface area (Å²) < 4.78 is 0. The number of rotatable bonds is 15. The quantitative estimate of drug-likeness (QED) is 0.240. The molecule has 5 atom stereocenters. The van der Waals surface area contributed by atoms with E-state index < -0.39 is 47.9 Å². The summed E-state index contributed by atoms with van der Waals surface area (Å²) in [6.07, 6.45) is 3.25. The van der Waals surface area contributed by atoms with Gasteiger partial charge in [-0.15, -0.1) is 0 Å². The Morgan fingerprint density at radius 1 is 0.906 bits per heavy atom. The van der Waals surface area contributed by atoms with Gasteiger partial charge in [0.25, 0.3) is 0 Å². The zero-order valence-corrected chi connectivity index (χ0v) is 21.3. The minimum absolute atomic E-state index is 0.186. The van der Waals surface area contributed by atoms with E-state index in [0.29, 0.717) is 18.6 Å². The van der Waals surface area contributed by atoms with Crippen molar-refractivity contribution in [2.75, 3.05) is 12.0 Å². The van der Waals surface area contributed by atoms with E-state index >= 15 is 0 Å². The van der Waals surface area contributed by atoms with Crippen molar-refractivity contribution in [3.8, 4) is 0 Å². The van der Waals surface area contributed by atoms with Crippen LogP contribution in [0.1, 0.15) is 60.8 Å². The van der Waals surface area contributed by atoms with Crippen molar-refractivity contribution >= 4 is 35.5 Å². The molecule has 3 amide bonds. The van der Waals surface area contributed by atoms with Crippen LogP contribution in [0.3, 0.4) is 0 Å². The van der Waals surface area contributed by atoms with Gasteiger partial charge in [0.1, 0.15) is 18.1 Å². The molecule has 186 valence electrons. The molecule has 0 saturated carbocycles. The topological polar surface area (TPSA) is 151 Å². The smallest absolute Gasteiger partial charge is 0.326 e. The van der Waals surface area contributed by atoms with Crippen molar-refractivity contribution in [1.29, 1.82) is 0 Å². The van der Waals surface area contributed by atoms with Crippen LogP contribution >= 0.6 is 11.8 Å². The van der Waals surface area contributed by atoms with Gasteiger partial charge in [-0.2, -0.15) is 11.8 Å². The second-order valence-corrected chi connectivity index (χ2v) is 10.0. The lowest BCUT2D eigenvalue weighted by Crippen LogP contribution is -2.59. The highest BCUT2D eigenvalue weighted by atomic mass is 32.2. The second-order valence-electron chi connectivity index (χ2n) is 9.02. The van der Waals surface area contributed by atoms with Crippen LogP contribution in [-0.2, 0) is 19.2 Å². The Hall–Kier alpha value is -1.81. The molecule has 0 aliphatic heterocycles. The highest BCUT2D eigenvalue weighted by Crippen LogP contribution is 2.12. The fourth-order valence-electron chi connectivity index (χ4n) is 3.11. The molecule has 0 aromatic rings. The highest BCUT2D eigenvalue weighted by molar-refractivity contribution is 7.98. The third-order valence-corrected chi connectivity index (χ3v) is 5.97. The number of nitrogens with one attached hydrogen (secondary N) is 3. The fourth-order valence-corrected chi connectivity index (χ4v) is 3.58. The Bertz CT molecular complexity index is 629. The molecule has 10 heteroatoms. The summed E-state index contributed by atoms with van der Waals surface area (Å²) >= 11 is 1.49. The van der Waals surface area contributed by atoms with Crippen LogP contribution in [0, 0.1) is 17.8 Å². The molecule has 0 bridgehead atoms. The molecule has 0 fully saturated rings. The summed E-state index contributed by atoms with van der Waals surface area (Å²) in [5.41, 5.74) is 5.96. The van der Waals surface area contributed by atoms with Gasteiger partial charge in [0, 0.05) is 0 Å². The first-order valence-corrected chi connectivity index (χ1v) is 12.6. The monoisotopic (exact) mass is 474 g/mol. The number of aliphatic carboxylic acids is 1. The Labute approximate surface area is 196 Å². The number of carbonyl (C=O) groups excluding carboxylic acids is 3. The average Bonchev–Trinajstić information content (AvgIpc) is 2.70. The Balaban J connectivity index is 5.42. The number of hydrogen-bond donors (Lipinski definition) is 5. The number of carbonyl (C=O) groups is 4. The van der Waals surface area contributed by atoms with Gasteiger partial charge in [0.05, 0.1) is 6.04 Å². The van der Waals surface area contributed by atoms with Gasteiger partial charge in [-0.05, 0) is 42.6 Å². The largest absolute Gasteiger partial charge is 0.480 e. The van der Waals surface area contributed by atoms with E-state index in [1.54, 1.807) is 13.8 Å². The molecular formula is C22H42N4O5S. The minimum Gasteiger partial charge on any atom is -0.480 e. The summed E-state index contributed by atoms with van der Waals surface area (Å²) in [5, 5.41) is 17.4. The first kappa shape index (κ1) is 30.2. The number of carboxylic acids is 1. The normalized spacial score (nSPS) is 16.1. The lowest BCUT2D eigenvalue weighted by Gasteiger charge is -2.29. The van der Waals surface area contributed by atoms with Crippen LogP contribution in [0.15, 0.2) is 0 Å². The molecule has 0 aliphatic rings. The van der Waals surface area contributed by atoms with E-state index in [1.807, 2.05) is 34.0 Å². The van der Waals surface area contributed by atoms with Gasteiger partial charge < -0.3 is 26.8 Å². The van der Waals surface area contributed by atoms with Crippen LogP contribution in [0.25, 0.3) is 0 Å². The first-order chi connectivity index (χ1) is 14.8. The standard InChI is InChI=1S/C22H42N4O5S/c1-8-14(6)18(26-19(27)15(23)11-12(2)3)21(29)25-17(13(4)5)20(28)24-16(22(30)31)9-10-32-7/h12-18H,8-11,23H2,1-7H3,(H,24,28)(H,25,29)(H,26,27)(H,30,31). The van der Waals surface area contributed by atoms with E-state index in [0.717, 1.165) is 0 Å². The van der Waals surface area contributed by atoms with Crippen LogP contribution in [0.5, 0.6) is 0 Å². The van der Waals surface area contributed by atoms with E-state index in [2.05, 4.69) is 16.0 Å². The molecule has 0 radical (unpaired) electrons. The van der Waals surface area contributed by atoms with Crippen LogP contribution in [0.2, 0.25) is 0 Å². The van der Waals surface area contributed by atoms with Crippen molar-refractivity contribution in [1.82, 2.24) is 16.0 Å². The molecule has 5 unspecified atom stereocenters. The Morgan fingerprint density at radius 3 is 1.88 bits per heavy atom. The number of hydrogen-bond acceptors (Lipinski definition) is 6. The van der Waals surface area contributed by atoms with Gasteiger partial charge in [-0.1, -0.05) is 48.0 Å². The van der Waals surface area contributed by atoms with Crippen molar-refractivity contribution < 1.29 is 24.3 Å². The number of carboxylic acid groups (broad SMARTS) is 1. The summed E-state index contributed by atoms with van der Waals surface area (Å²) in [7, 11) is 0. The first-order valence-electron chi connectivity index (χ1n) is 11.2. The average molecular weight is 475 g/mol. The summed E-state index contributed by atoms with van der Waals surface area (Å²) in [6.45, 7) is 11.2. The van der Waals surface area contributed by atoms with Gasteiger partial charge in [0.15, 0.2) is 0 Å². The molecule has 9 nitrogen and oxygen atoms in total. The molecule has 0 aromatic heterocycles. The number of nitrogens with two attached hydrogens (primary N) is 1. The van der Waals surface area contributed by atoms with Crippen LogP contribution < -0.4 is 21.7 Å². The highest BCUT2D eigenvalue weighted by Gasteiger charge is 2.33. The van der Waals surface area contributed by atoms with Gasteiger partial charge >= 0.3 is 5.97 Å². The molecule has 0 aromatic carbocycles. The lowest BCUT2D eigenvalue weighted by atomic mass is 9.95. The van der Waals surface area contributed by atoms with Gasteiger partial charge in [-0.3, -0.25) is 14.4 Å². The molecule has 0 heterocycles. The maximum absolute atomic E-state index is 13.1. The Morgan fingerprint density at radius 2 is 1.44 bits per heavy atom. The van der Waals surface area contributed by atoms with Crippen molar-refractivity contribution in [2.24, 2.45) is 23.5 Å². The minimum atomic E-state index is -1.12. The number of thioether (sulfide) groups is 1. The SMILES string of the molecule is CCC(C)C(NC(=O)C(N)CC(C)C)C(=O)NC(C(=O)NC(CCSC)C(=O)O)C(C)C. The molecule has 0 aliphatic carbocycles. The molecule has 32 heavy (non-hydrogen) atoms. The van der Waals surface area contributed by atoms with Crippen molar-refractivity contribution in [3.63, 3.8) is 0 Å². The van der Waals surface area contributed by atoms with Gasteiger partial charge in [0.2, 0.25) is 17.7 Å². The van der Waals surface area contributed by atoms with E-state index in [1.165, 1.54) is 11.8 Å². The van der Waals surface area contributed by atoms with E-state index in [4.69, 9.17) is 5.73 Å². The zero-order chi connectivity index (χ0) is 25.0. The molecule has 0 spiro atoms. The molecular weight excluding hydrogens is 432 g/mol. The Kier molecular flexibility index (Phi) is 14.2. The van der Waals surface area contributed by atoms with E-state index in [-0.39, 0.29) is 24.2 Å². The van der Waals surface area contributed by atoms with Crippen molar-refractivity contribution in [2.45, 2.75) is 85.0 Å². The third kappa shape index (κ3) is 10.7. The third-order valence-electron chi connectivity index (χ3n) is 5.33. The molecule has 0 rings (SSSR count). The summed E-state index contributed by atoms with van der Waals surface area (Å²) in [6, 6.07) is -3.56. The number of amides is 3.